The van der Waals surface area contributed by atoms with E-state index in [2.05, 4.69) is 10.5 Å². The molecule has 0 saturated heterocycles. The maximum absolute atomic E-state index is 11.5. The highest BCUT2D eigenvalue weighted by Crippen LogP contribution is 2.03. The Labute approximate surface area is 140 Å². The molecule has 2 aromatic rings. The van der Waals surface area contributed by atoms with Gasteiger partial charge in [0.25, 0.3) is 0 Å². The van der Waals surface area contributed by atoms with Crippen molar-refractivity contribution in [3.63, 3.8) is 0 Å². The van der Waals surface area contributed by atoms with Crippen LogP contribution in [0.3, 0.4) is 0 Å². The van der Waals surface area contributed by atoms with E-state index in [1.807, 2.05) is 42.5 Å². The number of carbonyl (C=O) groups excluding carboxylic acids is 1. The predicted molar refractivity (Wildman–Crippen MR) is 92.1 cm³/mol. The number of ether oxygens (including phenoxy) is 1. The van der Waals surface area contributed by atoms with Gasteiger partial charge in [-0.3, -0.25) is 0 Å². The van der Waals surface area contributed by atoms with Crippen molar-refractivity contribution in [3.05, 3.63) is 71.3 Å². The minimum Gasteiger partial charge on any atom is -0.443 e. The van der Waals surface area contributed by atoms with Crippen LogP contribution in [0, 0.1) is 0 Å². The molecule has 2 rings (SSSR count). The van der Waals surface area contributed by atoms with Crippen molar-refractivity contribution in [1.82, 2.24) is 5.43 Å². The second kappa shape index (κ2) is 9.45. The van der Waals surface area contributed by atoms with E-state index in [1.165, 1.54) is 0 Å². The second-order valence-electron chi connectivity index (χ2n) is 4.57. The summed E-state index contributed by atoms with van der Waals surface area (Å²) in [7, 11) is 0. The Morgan fingerprint density at radius 3 is 2.30 bits per heavy atom. The highest BCUT2D eigenvalue weighted by molar-refractivity contribution is 5.97. The molecule has 0 saturated carbocycles. The van der Waals surface area contributed by atoms with Crippen LogP contribution in [0.2, 0.25) is 0 Å². The summed E-state index contributed by atoms with van der Waals surface area (Å²) in [5.41, 5.74) is 16.2. The molecule has 0 bridgehead atoms. The summed E-state index contributed by atoms with van der Waals surface area (Å²) in [6, 6.07) is 16.7. The van der Waals surface area contributed by atoms with Crippen molar-refractivity contribution < 1.29 is 9.53 Å². The summed E-state index contributed by atoms with van der Waals surface area (Å²) in [6.45, 7) is 0.634. The van der Waals surface area contributed by atoms with Gasteiger partial charge in [-0.2, -0.15) is 5.10 Å². The third-order valence-corrected chi connectivity index (χ3v) is 2.97. The second-order valence-corrected chi connectivity index (χ2v) is 4.57. The fraction of sp³-hybridized carbons (Fsp3) is 0.125. The van der Waals surface area contributed by atoms with Crippen molar-refractivity contribution >= 4 is 24.3 Å². The molecule has 6 nitrogen and oxygen atoms in total. The highest BCUT2D eigenvalue weighted by Gasteiger charge is 2.03. The van der Waals surface area contributed by atoms with Crippen LogP contribution in [-0.4, -0.2) is 11.9 Å². The Morgan fingerprint density at radius 1 is 1.04 bits per heavy atom. The molecule has 0 aliphatic rings. The Bertz CT molecular complexity index is 645. The number of halogens is 1. The van der Waals surface area contributed by atoms with Crippen LogP contribution in [0.25, 0.3) is 0 Å². The number of amidine groups is 1. The minimum absolute atomic E-state index is 0. The number of nitrogens with one attached hydrogen (secondary N) is 1. The van der Waals surface area contributed by atoms with Crippen LogP contribution in [-0.2, 0) is 17.9 Å². The van der Waals surface area contributed by atoms with Crippen LogP contribution in [0.15, 0.2) is 59.7 Å². The van der Waals surface area contributed by atoms with E-state index < -0.39 is 6.09 Å². The van der Waals surface area contributed by atoms with E-state index in [-0.39, 0.29) is 24.8 Å². The molecule has 0 spiro atoms. The van der Waals surface area contributed by atoms with E-state index in [0.717, 1.165) is 11.1 Å². The number of nitrogens with zero attached hydrogens (tertiary/aromatic N) is 1. The Hall–Kier alpha value is -2.57. The van der Waals surface area contributed by atoms with Crippen LogP contribution >= 0.6 is 12.4 Å². The first-order valence-corrected chi connectivity index (χ1v) is 6.78. The molecule has 0 aromatic heterocycles. The van der Waals surface area contributed by atoms with E-state index in [1.54, 1.807) is 12.1 Å². The molecular formula is C16H19ClN4O2. The maximum Gasteiger partial charge on any atom is 0.428 e. The fourth-order valence-electron chi connectivity index (χ4n) is 1.74. The molecule has 2 aromatic carbocycles. The molecule has 1 amide bonds. The largest absolute Gasteiger partial charge is 0.443 e. The summed E-state index contributed by atoms with van der Waals surface area (Å²) < 4.78 is 5.02. The zero-order valence-corrected chi connectivity index (χ0v) is 13.3. The molecule has 0 fully saturated rings. The summed E-state index contributed by atoms with van der Waals surface area (Å²) in [5.74, 6) is 0.195. The number of amides is 1. The third kappa shape index (κ3) is 5.98. The standard InChI is InChI=1S/C16H18N4O2.ClH/c17-10-12-6-8-14(9-7-12)15(18)19-20-16(21)22-11-13-4-2-1-3-5-13;/h1-9H,10-11,17H2,(H2,18,19)(H,20,21);1H. The van der Waals surface area contributed by atoms with Gasteiger partial charge in [0.15, 0.2) is 5.84 Å². The van der Waals surface area contributed by atoms with Gasteiger partial charge in [0.1, 0.15) is 6.61 Å². The Kier molecular flexibility index (Phi) is 7.59. The van der Waals surface area contributed by atoms with E-state index in [4.69, 9.17) is 16.2 Å². The monoisotopic (exact) mass is 334 g/mol. The van der Waals surface area contributed by atoms with Gasteiger partial charge in [0.05, 0.1) is 0 Å². The average molecular weight is 335 g/mol. The van der Waals surface area contributed by atoms with Crippen molar-refractivity contribution in [2.24, 2.45) is 16.6 Å². The van der Waals surface area contributed by atoms with Crippen LogP contribution < -0.4 is 16.9 Å². The highest BCUT2D eigenvalue weighted by atomic mass is 35.5. The molecule has 0 unspecified atom stereocenters. The molecule has 0 radical (unpaired) electrons. The lowest BCUT2D eigenvalue weighted by atomic mass is 10.1. The lowest BCUT2D eigenvalue weighted by Gasteiger charge is -2.05. The lowest BCUT2D eigenvalue weighted by Crippen LogP contribution is -2.24. The summed E-state index contributed by atoms with van der Waals surface area (Å²) in [5, 5.41) is 3.80. The Balaban J connectivity index is 0.00000264. The Morgan fingerprint density at radius 2 is 1.70 bits per heavy atom. The molecule has 122 valence electrons. The van der Waals surface area contributed by atoms with Gasteiger partial charge in [-0.1, -0.05) is 54.6 Å². The number of nitrogens with two attached hydrogens (primary N) is 2. The van der Waals surface area contributed by atoms with Gasteiger partial charge in [-0.05, 0) is 11.1 Å². The third-order valence-electron chi connectivity index (χ3n) is 2.97. The zero-order valence-electron chi connectivity index (χ0n) is 12.4. The first-order valence-electron chi connectivity index (χ1n) is 6.78. The summed E-state index contributed by atoms with van der Waals surface area (Å²) >= 11 is 0. The van der Waals surface area contributed by atoms with E-state index in [0.29, 0.717) is 12.1 Å². The lowest BCUT2D eigenvalue weighted by molar-refractivity contribution is 0.140. The quantitative estimate of drug-likeness (QED) is 0.442. The van der Waals surface area contributed by atoms with Gasteiger partial charge in [0.2, 0.25) is 0 Å². The van der Waals surface area contributed by atoms with Gasteiger partial charge < -0.3 is 16.2 Å². The molecule has 0 aliphatic heterocycles. The normalized spacial score (nSPS) is 10.6. The smallest absolute Gasteiger partial charge is 0.428 e. The van der Waals surface area contributed by atoms with Crippen LogP contribution in [0.1, 0.15) is 16.7 Å². The number of hydrogen-bond donors (Lipinski definition) is 3. The van der Waals surface area contributed by atoms with Crippen LogP contribution in [0.5, 0.6) is 0 Å². The van der Waals surface area contributed by atoms with E-state index >= 15 is 0 Å². The zero-order chi connectivity index (χ0) is 15.8. The molecule has 23 heavy (non-hydrogen) atoms. The van der Waals surface area contributed by atoms with Crippen LogP contribution in [0.4, 0.5) is 4.79 Å². The molecule has 5 N–H and O–H groups in total. The van der Waals surface area contributed by atoms with Crippen molar-refractivity contribution in [2.45, 2.75) is 13.2 Å². The van der Waals surface area contributed by atoms with Gasteiger partial charge in [-0.15, -0.1) is 12.4 Å². The molecule has 0 heterocycles. The van der Waals surface area contributed by atoms with Crippen molar-refractivity contribution in [2.75, 3.05) is 0 Å². The van der Waals surface area contributed by atoms with Gasteiger partial charge >= 0.3 is 6.09 Å². The maximum atomic E-state index is 11.5. The van der Waals surface area contributed by atoms with E-state index in [9.17, 15) is 4.79 Å². The molecule has 0 aliphatic carbocycles. The minimum atomic E-state index is -0.662. The van der Waals surface area contributed by atoms with Gasteiger partial charge in [-0.25, -0.2) is 10.2 Å². The van der Waals surface area contributed by atoms with Gasteiger partial charge in [0, 0.05) is 12.1 Å². The average Bonchev–Trinajstić information content (AvgIpc) is 2.58. The van der Waals surface area contributed by atoms with Crippen molar-refractivity contribution in [3.8, 4) is 0 Å². The first kappa shape index (κ1) is 18.5. The number of hydrogen-bond acceptors (Lipinski definition) is 4. The number of carbonyl (C=O) groups is 1. The molecular weight excluding hydrogens is 316 g/mol. The SMILES string of the molecule is Cl.NCc1ccc(C(N)=NNC(=O)OCc2ccccc2)cc1. The first-order chi connectivity index (χ1) is 10.7. The predicted octanol–water partition coefficient (Wildman–Crippen LogP) is 2.11. The topological polar surface area (TPSA) is 103 Å². The molecule has 7 heteroatoms. The summed E-state index contributed by atoms with van der Waals surface area (Å²) in [4.78, 5) is 11.5. The van der Waals surface area contributed by atoms with Crippen molar-refractivity contribution in [1.29, 1.82) is 0 Å². The number of benzene rings is 2. The molecule has 0 atom stereocenters. The number of rotatable bonds is 5. The summed E-state index contributed by atoms with van der Waals surface area (Å²) in [6.07, 6.45) is -0.662. The fourth-order valence-corrected chi connectivity index (χ4v) is 1.74. The number of hydrazone groups is 1.